The molecule has 0 radical (unpaired) electrons. The van der Waals surface area contributed by atoms with Crippen molar-refractivity contribution in [3.8, 4) is 0 Å². The van der Waals surface area contributed by atoms with E-state index in [9.17, 15) is 13.2 Å². The van der Waals surface area contributed by atoms with Gasteiger partial charge in [-0.3, -0.25) is 0 Å². The number of carboxylic acids is 1. The zero-order valence-corrected chi connectivity index (χ0v) is 13.3. The van der Waals surface area contributed by atoms with E-state index >= 15 is 0 Å². The fourth-order valence-electron chi connectivity index (χ4n) is 2.16. The number of benzene rings is 1. The van der Waals surface area contributed by atoms with Gasteiger partial charge in [-0.15, -0.1) is 0 Å². The first-order valence-electron chi connectivity index (χ1n) is 6.02. The van der Waals surface area contributed by atoms with Gasteiger partial charge in [0.15, 0.2) is 0 Å². The predicted octanol–water partition coefficient (Wildman–Crippen LogP) is 1.23. The van der Waals surface area contributed by atoms with Gasteiger partial charge in [-0.25, -0.2) is 13.2 Å². The van der Waals surface area contributed by atoms with Crippen molar-refractivity contribution >= 4 is 37.6 Å². The molecule has 0 saturated carbocycles. The van der Waals surface area contributed by atoms with Crippen LogP contribution < -0.4 is 4.90 Å². The number of hydrogen-bond donors (Lipinski definition) is 1. The van der Waals surface area contributed by atoms with Gasteiger partial charge < -0.3 is 10.0 Å². The molecule has 0 amide bonds. The summed E-state index contributed by atoms with van der Waals surface area (Å²) in [4.78, 5) is 12.9. The Morgan fingerprint density at radius 3 is 2.30 bits per heavy atom. The third kappa shape index (κ3) is 3.31. The zero-order chi connectivity index (χ0) is 14.9. The molecule has 1 aromatic rings. The minimum absolute atomic E-state index is 0.218. The van der Waals surface area contributed by atoms with E-state index in [1.54, 1.807) is 18.2 Å². The molecule has 2 rings (SSSR count). The second kappa shape index (κ2) is 5.71. The average Bonchev–Trinajstić information content (AvgIpc) is 2.37. The minimum atomic E-state index is -3.14. The molecular weight excluding hydrogens is 348 g/mol. The minimum Gasteiger partial charge on any atom is -0.478 e. The van der Waals surface area contributed by atoms with Crippen molar-refractivity contribution in [2.75, 3.05) is 37.3 Å². The summed E-state index contributed by atoms with van der Waals surface area (Å²) in [5, 5.41) is 8.93. The van der Waals surface area contributed by atoms with E-state index in [0.29, 0.717) is 30.7 Å². The Bertz CT molecular complexity index is 624. The van der Waals surface area contributed by atoms with Crippen LogP contribution in [0.5, 0.6) is 0 Å². The maximum Gasteiger partial charge on any atom is 0.335 e. The van der Waals surface area contributed by atoms with Gasteiger partial charge in [-0.2, -0.15) is 4.31 Å². The molecule has 0 aliphatic carbocycles. The van der Waals surface area contributed by atoms with Crippen LogP contribution in [-0.4, -0.2) is 56.2 Å². The van der Waals surface area contributed by atoms with E-state index < -0.39 is 16.0 Å². The Hall–Kier alpha value is -1.12. The average molecular weight is 363 g/mol. The van der Waals surface area contributed by atoms with Crippen molar-refractivity contribution in [1.29, 1.82) is 0 Å². The van der Waals surface area contributed by atoms with Gasteiger partial charge in [0.1, 0.15) is 0 Å². The molecule has 0 aromatic heterocycles. The number of aromatic carboxylic acids is 1. The summed E-state index contributed by atoms with van der Waals surface area (Å²) in [6.07, 6.45) is 1.21. The van der Waals surface area contributed by atoms with Crippen LogP contribution in [0.1, 0.15) is 10.4 Å². The monoisotopic (exact) mass is 362 g/mol. The summed E-state index contributed by atoms with van der Waals surface area (Å²) in [6.45, 7) is 2.04. The number of sulfonamides is 1. The van der Waals surface area contributed by atoms with Gasteiger partial charge in [0.25, 0.3) is 0 Å². The Morgan fingerprint density at radius 2 is 1.85 bits per heavy atom. The van der Waals surface area contributed by atoms with Crippen molar-refractivity contribution in [2.24, 2.45) is 0 Å². The van der Waals surface area contributed by atoms with Crippen LogP contribution in [0.25, 0.3) is 0 Å². The Labute approximate surface area is 126 Å². The first-order chi connectivity index (χ1) is 9.29. The van der Waals surface area contributed by atoms with Crippen LogP contribution >= 0.6 is 15.9 Å². The van der Waals surface area contributed by atoms with Gasteiger partial charge >= 0.3 is 5.97 Å². The predicted molar refractivity (Wildman–Crippen MR) is 79.7 cm³/mol. The summed E-state index contributed by atoms with van der Waals surface area (Å²) in [5.41, 5.74) is 1.10. The molecule has 1 aliphatic heterocycles. The van der Waals surface area contributed by atoms with Crippen molar-refractivity contribution in [1.82, 2.24) is 4.31 Å². The number of piperazine rings is 1. The number of carboxylic acid groups (broad SMARTS) is 1. The molecule has 110 valence electrons. The summed E-state index contributed by atoms with van der Waals surface area (Å²) in [6, 6.07) is 4.84. The van der Waals surface area contributed by atoms with Crippen molar-refractivity contribution in [2.45, 2.75) is 0 Å². The highest BCUT2D eigenvalue weighted by Crippen LogP contribution is 2.28. The van der Waals surface area contributed by atoms with E-state index in [0.717, 1.165) is 5.69 Å². The first-order valence-corrected chi connectivity index (χ1v) is 8.66. The Kier molecular flexibility index (Phi) is 4.36. The second-order valence-electron chi connectivity index (χ2n) is 4.62. The van der Waals surface area contributed by atoms with Crippen molar-refractivity contribution in [3.63, 3.8) is 0 Å². The molecule has 0 bridgehead atoms. The summed E-state index contributed by atoms with van der Waals surface area (Å²) < 4.78 is 25.0. The van der Waals surface area contributed by atoms with Crippen LogP contribution in [0, 0.1) is 0 Å². The molecule has 1 aliphatic rings. The quantitative estimate of drug-likeness (QED) is 0.874. The number of rotatable bonds is 3. The molecule has 1 aromatic carbocycles. The molecular formula is C12H15BrN2O4S. The van der Waals surface area contributed by atoms with Crippen LogP contribution in [0.2, 0.25) is 0 Å². The largest absolute Gasteiger partial charge is 0.478 e. The third-order valence-electron chi connectivity index (χ3n) is 3.24. The molecule has 8 heteroatoms. The highest BCUT2D eigenvalue weighted by molar-refractivity contribution is 9.10. The van der Waals surface area contributed by atoms with Gasteiger partial charge in [0.05, 0.1) is 17.5 Å². The number of halogens is 1. The zero-order valence-electron chi connectivity index (χ0n) is 10.9. The second-order valence-corrected chi connectivity index (χ2v) is 7.46. The molecule has 1 saturated heterocycles. The van der Waals surface area contributed by atoms with Gasteiger partial charge in [0, 0.05) is 30.7 Å². The number of carbonyl (C=O) groups is 1. The summed E-state index contributed by atoms with van der Waals surface area (Å²) in [5.74, 6) is -0.973. The number of anilines is 1. The summed E-state index contributed by atoms with van der Waals surface area (Å²) in [7, 11) is -3.14. The lowest BCUT2D eigenvalue weighted by atomic mass is 10.2. The van der Waals surface area contributed by atoms with Crippen LogP contribution in [0.3, 0.4) is 0 Å². The van der Waals surface area contributed by atoms with Crippen molar-refractivity contribution in [3.05, 3.63) is 28.2 Å². The maximum absolute atomic E-state index is 11.4. The molecule has 1 heterocycles. The van der Waals surface area contributed by atoms with Crippen LogP contribution in [0.15, 0.2) is 22.7 Å². The topological polar surface area (TPSA) is 77.9 Å². The molecule has 1 N–H and O–H groups in total. The summed E-state index contributed by atoms with van der Waals surface area (Å²) >= 11 is 3.37. The van der Waals surface area contributed by atoms with Gasteiger partial charge in [-0.05, 0) is 34.1 Å². The third-order valence-corrected chi connectivity index (χ3v) is 5.18. The van der Waals surface area contributed by atoms with Crippen LogP contribution in [0.4, 0.5) is 5.69 Å². The first kappa shape index (κ1) is 15.3. The Balaban J connectivity index is 2.13. The number of nitrogens with zero attached hydrogens (tertiary/aromatic N) is 2. The van der Waals surface area contributed by atoms with E-state index in [-0.39, 0.29) is 5.56 Å². The van der Waals surface area contributed by atoms with Crippen molar-refractivity contribution < 1.29 is 18.3 Å². The SMILES string of the molecule is CS(=O)(=O)N1CCN(c2ccc(C(=O)O)cc2Br)CC1. The molecule has 0 unspecified atom stereocenters. The van der Waals surface area contributed by atoms with Crippen LogP contribution in [-0.2, 0) is 10.0 Å². The molecule has 0 spiro atoms. The number of hydrogen-bond acceptors (Lipinski definition) is 4. The fraction of sp³-hybridized carbons (Fsp3) is 0.417. The van der Waals surface area contributed by atoms with E-state index in [4.69, 9.17) is 5.11 Å². The van der Waals surface area contributed by atoms with E-state index in [2.05, 4.69) is 15.9 Å². The van der Waals surface area contributed by atoms with E-state index in [1.165, 1.54) is 10.6 Å². The standard InChI is InChI=1S/C12H15BrN2O4S/c1-20(18,19)15-6-4-14(5-7-15)11-3-2-9(12(16)17)8-10(11)13/h2-3,8H,4-7H2,1H3,(H,16,17). The fourth-order valence-corrected chi connectivity index (χ4v) is 3.61. The lowest BCUT2D eigenvalue weighted by molar-refractivity contribution is 0.0697. The molecule has 6 nitrogen and oxygen atoms in total. The normalized spacial score (nSPS) is 17.2. The lowest BCUT2D eigenvalue weighted by Crippen LogP contribution is -2.48. The highest BCUT2D eigenvalue weighted by Gasteiger charge is 2.24. The molecule has 0 atom stereocenters. The Morgan fingerprint density at radius 1 is 1.25 bits per heavy atom. The molecule has 20 heavy (non-hydrogen) atoms. The van der Waals surface area contributed by atoms with E-state index in [1.807, 2.05) is 4.90 Å². The van der Waals surface area contributed by atoms with Gasteiger partial charge in [-0.1, -0.05) is 0 Å². The van der Waals surface area contributed by atoms with Gasteiger partial charge in [0.2, 0.25) is 10.0 Å². The smallest absolute Gasteiger partial charge is 0.335 e. The molecule has 1 fully saturated rings. The highest BCUT2D eigenvalue weighted by atomic mass is 79.9. The lowest BCUT2D eigenvalue weighted by Gasteiger charge is -2.35. The maximum atomic E-state index is 11.4.